The number of fused-ring (bicyclic) bond motifs is 1. The molecule has 6 nitrogen and oxygen atoms in total. The molecule has 0 saturated heterocycles. The summed E-state index contributed by atoms with van der Waals surface area (Å²) in [5.74, 6) is 1.63. The number of aromatic nitrogens is 2. The van der Waals surface area contributed by atoms with E-state index in [1.165, 1.54) is 0 Å². The molecule has 0 spiro atoms. The van der Waals surface area contributed by atoms with Crippen LogP contribution >= 0.6 is 11.6 Å². The molecule has 0 saturated carbocycles. The van der Waals surface area contributed by atoms with Crippen molar-refractivity contribution in [2.24, 2.45) is 0 Å². The second-order valence-electron chi connectivity index (χ2n) is 6.86. The number of aryl methyl sites for hydroxylation is 1. The van der Waals surface area contributed by atoms with Crippen molar-refractivity contribution in [3.63, 3.8) is 0 Å². The highest BCUT2D eigenvalue weighted by molar-refractivity contribution is 6.31. The Kier molecular flexibility index (Phi) is 5.36. The minimum absolute atomic E-state index is 0.0530. The zero-order valence-electron chi connectivity index (χ0n) is 16.3. The lowest BCUT2D eigenvalue weighted by atomic mass is 9.95. The number of nitrogens with zero attached hydrogens (tertiary/aromatic N) is 2. The van der Waals surface area contributed by atoms with Crippen LogP contribution in [0.25, 0.3) is 0 Å². The summed E-state index contributed by atoms with van der Waals surface area (Å²) in [6, 6.07) is 13.2. The van der Waals surface area contributed by atoms with Crippen molar-refractivity contribution in [3.05, 3.63) is 64.3 Å². The topological polar surface area (TPSA) is 76.1 Å². The summed E-state index contributed by atoms with van der Waals surface area (Å²) in [5, 5.41) is 7.16. The number of ether oxygens (including phenoxy) is 1. The van der Waals surface area contributed by atoms with Crippen LogP contribution in [0.4, 0.5) is 23.1 Å². The average Bonchev–Trinajstić information content (AvgIpc) is 2.72. The van der Waals surface area contributed by atoms with Crippen molar-refractivity contribution < 1.29 is 9.53 Å². The van der Waals surface area contributed by atoms with Crippen molar-refractivity contribution in [2.75, 3.05) is 17.7 Å². The molecule has 29 heavy (non-hydrogen) atoms. The van der Waals surface area contributed by atoms with E-state index in [0.717, 1.165) is 35.5 Å². The number of rotatable bonds is 5. The molecule has 0 amide bonds. The molecule has 2 N–H and O–H groups in total. The van der Waals surface area contributed by atoms with Crippen LogP contribution in [-0.2, 0) is 6.42 Å². The Morgan fingerprint density at radius 1 is 1.00 bits per heavy atom. The van der Waals surface area contributed by atoms with E-state index in [0.29, 0.717) is 34.5 Å². The molecule has 0 radical (unpaired) electrons. The number of carbonyl (C=O) groups excluding carboxylic acids is 1. The zero-order valence-corrected chi connectivity index (χ0v) is 17.0. The maximum Gasteiger partial charge on any atom is 0.229 e. The third-order valence-corrected chi connectivity index (χ3v) is 5.36. The lowest BCUT2D eigenvalue weighted by Gasteiger charge is -2.20. The molecule has 1 aliphatic rings. The molecule has 0 bridgehead atoms. The number of nitrogens with one attached hydrogen (secondary N) is 2. The van der Waals surface area contributed by atoms with Crippen LogP contribution in [0.2, 0.25) is 5.02 Å². The third kappa shape index (κ3) is 3.89. The Balaban J connectivity index is 1.77. The molecule has 3 aromatic rings. The van der Waals surface area contributed by atoms with Crippen molar-refractivity contribution in [3.8, 4) is 5.75 Å². The summed E-state index contributed by atoms with van der Waals surface area (Å²) in [5.41, 5.74) is 3.75. The molecular weight excluding hydrogens is 388 g/mol. The average molecular weight is 409 g/mol. The molecule has 0 aliphatic heterocycles. The van der Waals surface area contributed by atoms with Crippen LogP contribution in [-0.4, -0.2) is 22.9 Å². The number of ketones is 1. The maximum atomic E-state index is 12.6. The van der Waals surface area contributed by atoms with E-state index in [1.807, 2.05) is 49.4 Å². The fourth-order valence-corrected chi connectivity index (χ4v) is 3.58. The fraction of sp³-hybridized carbons (Fsp3) is 0.227. The minimum atomic E-state index is 0.0530. The molecule has 2 aromatic carbocycles. The van der Waals surface area contributed by atoms with Gasteiger partial charge in [0.2, 0.25) is 5.95 Å². The number of halogens is 1. The lowest BCUT2D eigenvalue weighted by molar-refractivity contribution is 0.0972. The van der Waals surface area contributed by atoms with E-state index >= 15 is 0 Å². The van der Waals surface area contributed by atoms with Crippen LogP contribution in [0.1, 0.15) is 34.5 Å². The van der Waals surface area contributed by atoms with Gasteiger partial charge in [0, 0.05) is 17.1 Å². The highest BCUT2D eigenvalue weighted by Gasteiger charge is 2.25. The van der Waals surface area contributed by atoms with Crippen molar-refractivity contribution in [1.82, 2.24) is 9.97 Å². The van der Waals surface area contributed by atoms with Gasteiger partial charge in [0.25, 0.3) is 0 Å². The van der Waals surface area contributed by atoms with E-state index in [2.05, 4.69) is 20.6 Å². The molecule has 1 aliphatic carbocycles. The summed E-state index contributed by atoms with van der Waals surface area (Å²) in [4.78, 5) is 21.9. The summed E-state index contributed by atoms with van der Waals surface area (Å²) < 4.78 is 5.40. The van der Waals surface area contributed by atoms with Gasteiger partial charge in [0.15, 0.2) is 5.78 Å². The number of methoxy groups -OCH3 is 1. The fourth-order valence-electron chi connectivity index (χ4n) is 3.41. The molecule has 1 heterocycles. The number of para-hydroxylation sites is 2. The van der Waals surface area contributed by atoms with E-state index in [1.54, 1.807) is 7.11 Å². The molecule has 0 fully saturated rings. The van der Waals surface area contributed by atoms with E-state index in [4.69, 9.17) is 16.3 Å². The minimum Gasteiger partial charge on any atom is -0.495 e. The van der Waals surface area contributed by atoms with Gasteiger partial charge in [-0.1, -0.05) is 29.8 Å². The Hall–Kier alpha value is -3.12. The second-order valence-corrected chi connectivity index (χ2v) is 7.26. The largest absolute Gasteiger partial charge is 0.495 e. The normalized spacial score (nSPS) is 13.0. The van der Waals surface area contributed by atoms with Gasteiger partial charge in [-0.15, -0.1) is 0 Å². The van der Waals surface area contributed by atoms with E-state index in [-0.39, 0.29) is 5.78 Å². The first kappa shape index (κ1) is 19.2. The van der Waals surface area contributed by atoms with Gasteiger partial charge in [0.1, 0.15) is 11.6 Å². The highest BCUT2D eigenvalue weighted by Crippen LogP contribution is 2.33. The van der Waals surface area contributed by atoms with Gasteiger partial charge >= 0.3 is 0 Å². The zero-order chi connectivity index (χ0) is 20.4. The molecule has 1 aromatic heterocycles. The van der Waals surface area contributed by atoms with Gasteiger partial charge in [0.05, 0.1) is 24.1 Å². The number of anilines is 4. The van der Waals surface area contributed by atoms with Gasteiger partial charge < -0.3 is 15.4 Å². The predicted octanol–water partition coefficient (Wildman–Crippen LogP) is 5.45. The third-order valence-electron chi connectivity index (χ3n) is 4.95. The van der Waals surface area contributed by atoms with Gasteiger partial charge in [-0.25, -0.2) is 4.98 Å². The van der Waals surface area contributed by atoms with Crippen LogP contribution in [0.15, 0.2) is 42.5 Å². The van der Waals surface area contributed by atoms with Crippen LogP contribution in [0.5, 0.6) is 5.75 Å². The van der Waals surface area contributed by atoms with Gasteiger partial charge in [-0.3, -0.25) is 4.79 Å². The van der Waals surface area contributed by atoms with Gasteiger partial charge in [-0.05, 0) is 49.6 Å². The van der Waals surface area contributed by atoms with Crippen LogP contribution < -0.4 is 15.4 Å². The molecule has 0 unspecified atom stereocenters. The first-order valence-electron chi connectivity index (χ1n) is 9.43. The Morgan fingerprint density at radius 3 is 2.62 bits per heavy atom. The molecule has 148 valence electrons. The first-order valence-corrected chi connectivity index (χ1v) is 9.81. The Morgan fingerprint density at radius 2 is 1.79 bits per heavy atom. The standard InChI is InChI=1S/C22H21ClN4O2/c1-13-14(23)7-5-9-15(13)24-21-20-17(10-6-11-18(20)28)26-22(27-21)25-16-8-3-4-12-19(16)29-2/h3-5,7-9,12H,6,10-11H2,1-2H3,(H2,24,25,26,27). The Bertz CT molecular complexity index is 1080. The van der Waals surface area contributed by atoms with E-state index in [9.17, 15) is 4.79 Å². The lowest BCUT2D eigenvalue weighted by Crippen LogP contribution is -2.18. The number of hydrogen-bond donors (Lipinski definition) is 2. The van der Waals surface area contributed by atoms with Crippen molar-refractivity contribution in [1.29, 1.82) is 0 Å². The number of Topliss-reactive ketones (excluding diaryl/α,β-unsaturated/α-hetero) is 1. The van der Waals surface area contributed by atoms with Crippen LogP contribution in [0.3, 0.4) is 0 Å². The SMILES string of the molecule is COc1ccccc1Nc1nc2c(c(Nc3cccc(Cl)c3C)n1)C(=O)CCC2. The summed E-state index contributed by atoms with van der Waals surface area (Å²) in [7, 11) is 1.61. The highest BCUT2D eigenvalue weighted by atomic mass is 35.5. The smallest absolute Gasteiger partial charge is 0.229 e. The number of benzene rings is 2. The molecular formula is C22H21ClN4O2. The summed E-state index contributed by atoms with van der Waals surface area (Å²) in [6.45, 7) is 1.92. The van der Waals surface area contributed by atoms with E-state index < -0.39 is 0 Å². The quantitative estimate of drug-likeness (QED) is 0.584. The van der Waals surface area contributed by atoms with Crippen molar-refractivity contribution in [2.45, 2.75) is 26.2 Å². The number of carbonyl (C=O) groups is 1. The second kappa shape index (κ2) is 8.09. The predicted molar refractivity (Wildman–Crippen MR) is 115 cm³/mol. The van der Waals surface area contributed by atoms with Gasteiger partial charge in [-0.2, -0.15) is 4.98 Å². The molecule has 7 heteroatoms. The molecule has 4 rings (SSSR count). The summed E-state index contributed by atoms with van der Waals surface area (Å²) in [6.07, 6.45) is 2.01. The Labute approximate surface area is 174 Å². The molecule has 0 atom stereocenters. The first-order chi connectivity index (χ1) is 14.1. The monoisotopic (exact) mass is 408 g/mol. The number of hydrogen-bond acceptors (Lipinski definition) is 6. The summed E-state index contributed by atoms with van der Waals surface area (Å²) >= 11 is 6.26. The maximum absolute atomic E-state index is 12.6. The van der Waals surface area contributed by atoms with Crippen LogP contribution in [0, 0.1) is 6.92 Å². The van der Waals surface area contributed by atoms with Crippen molar-refractivity contribution >= 4 is 40.5 Å².